The van der Waals surface area contributed by atoms with Crippen LogP contribution in [0.15, 0.2) is 15.1 Å². The molecular formula is C9H11Br2NO. The molecule has 2 nitrogen and oxygen atoms in total. The number of hydrogen-bond donors (Lipinski definition) is 1. The predicted octanol–water partition coefficient (Wildman–Crippen LogP) is 3.61. The second-order valence-electron chi connectivity index (χ2n) is 3.88. The summed E-state index contributed by atoms with van der Waals surface area (Å²) in [5, 5.41) is 9.44. The van der Waals surface area contributed by atoms with Gasteiger partial charge in [-0.15, -0.1) is 0 Å². The van der Waals surface area contributed by atoms with Crippen LogP contribution in [0, 0.1) is 0 Å². The Labute approximate surface area is 94.6 Å². The molecule has 0 radical (unpaired) electrons. The minimum absolute atomic E-state index is 0.0151. The minimum atomic E-state index is -0.0151. The van der Waals surface area contributed by atoms with E-state index in [2.05, 4.69) is 57.6 Å². The zero-order valence-corrected chi connectivity index (χ0v) is 10.9. The molecule has 13 heavy (non-hydrogen) atoms. The summed E-state index contributed by atoms with van der Waals surface area (Å²) in [6.45, 7) is 6.22. The molecule has 1 N–H and O–H groups in total. The van der Waals surface area contributed by atoms with Crippen LogP contribution in [0.1, 0.15) is 26.5 Å². The van der Waals surface area contributed by atoms with Crippen molar-refractivity contribution in [2.45, 2.75) is 26.2 Å². The van der Waals surface area contributed by atoms with Crippen molar-refractivity contribution in [3.05, 3.63) is 20.8 Å². The van der Waals surface area contributed by atoms with Crippen LogP contribution in [0.25, 0.3) is 0 Å². The molecule has 0 saturated carbocycles. The second-order valence-corrected chi connectivity index (χ2v) is 5.48. The average Bonchev–Trinajstić information content (AvgIpc) is 1.97. The number of rotatable bonds is 0. The largest absolute Gasteiger partial charge is 0.504 e. The molecule has 1 aromatic rings. The summed E-state index contributed by atoms with van der Waals surface area (Å²) in [6.07, 6.45) is 0. The summed E-state index contributed by atoms with van der Waals surface area (Å²) >= 11 is 6.47. The monoisotopic (exact) mass is 307 g/mol. The van der Waals surface area contributed by atoms with Crippen molar-refractivity contribution >= 4 is 31.9 Å². The smallest absolute Gasteiger partial charge is 0.162 e. The molecule has 0 saturated heterocycles. The van der Waals surface area contributed by atoms with E-state index >= 15 is 0 Å². The fourth-order valence-corrected chi connectivity index (χ4v) is 1.94. The standard InChI is InChI=1S/C9H11Br2NO/c1-9(2,3)6-4-5(10)7(13)8(11)12-6/h4,13H,1-3H3. The lowest BCUT2D eigenvalue weighted by molar-refractivity contribution is 0.461. The molecule has 0 atom stereocenters. The number of aromatic nitrogens is 1. The lowest BCUT2D eigenvalue weighted by Crippen LogP contribution is -2.13. The highest BCUT2D eigenvalue weighted by atomic mass is 79.9. The van der Waals surface area contributed by atoms with Crippen LogP contribution in [-0.4, -0.2) is 10.1 Å². The quantitative estimate of drug-likeness (QED) is 0.743. The molecule has 0 aliphatic heterocycles. The molecule has 0 spiro atoms. The van der Waals surface area contributed by atoms with Crippen LogP contribution in [0.2, 0.25) is 0 Å². The SMILES string of the molecule is CC(C)(C)c1cc(Br)c(O)c(Br)n1. The summed E-state index contributed by atoms with van der Waals surface area (Å²) < 4.78 is 1.14. The molecule has 0 fully saturated rings. The van der Waals surface area contributed by atoms with Crippen LogP contribution >= 0.6 is 31.9 Å². The zero-order chi connectivity index (χ0) is 10.2. The van der Waals surface area contributed by atoms with Gasteiger partial charge in [-0.25, -0.2) is 4.98 Å². The number of aromatic hydroxyl groups is 1. The first-order valence-corrected chi connectivity index (χ1v) is 5.46. The molecule has 72 valence electrons. The van der Waals surface area contributed by atoms with Gasteiger partial charge in [-0.2, -0.15) is 0 Å². The normalized spacial score (nSPS) is 11.8. The highest BCUT2D eigenvalue weighted by Gasteiger charge is 2.18. The van der Waals surface area contributed by atoms with Gasteiger partial charge in [0.05, 0.1) is 4.47 Å². The van der Waals surface area contributed by atoms with Gasteiger partial charge in [0, 0.05) is 11.1 Å². The molecular weight excluding hydrogens is 298 g/mol. The van der Waals surface area contributed by atoms with Gasteiger partial charge in [-0.1, -0.05) is 20.8 Å². The van der Waals surface area contributed by atoms with Gasteiger partial charge < -0.3 is 5.11 Å². The van der Waals surface area contributed by atoms with Crippen molar-refractivity contribution < 1.29 is 5.11 Å². The van der Waals surface area contributed by atoms with E-state index in [4.69, 9.17) is 0 Å². The Kier molecular flexibility index (Phi) is 3.02. The third kappa shape index (κ3) is 2.44. The molecule has 0 bridgehead atoms. The summed E-state index contributed by atoms with van der Waals surface area (Å²) in [7, 11) is 0. The van der Waals surface area contributed by atoms with Gasteiger partial charge >= 0.3 is 0 Å². The lowest BCUT2D eigenvalue weighted by Gasteiger charge is -2.18. The van der Waals surface area contributed by atoms with Crippen LogP contribution in [0.4, 0.5) is 0 Å². The average molecular weight is 309 g/mol. The van der Waals surface area contributed by atoms with Gasteiger partial charge in [-0.3, -0.25) is 0 Å². The third-order valence-corrected chi connectivity index (χ3v) is 2.83. The van der Waals surface area contributed by atoms with E-state index in [1.807, 2.05) is 6.07 Å². The fraction of sp³-hybridized carbons (Fsp3) is 0.444. The predicted molar refractivity (Wildman–Crippen MR) is 60.0 cm³/mol. The van der Waals surface area contributed by atoms with Crippen LogP contribution < -0.4 is 0 Å². The van der Waals surface area contributed by atoms with Gasteiger partial charge in [-0.05, 0) is 37.9 Å². The van der Waals surface area contributed by atoms with Crippen LogP contribution in [0.3, 0.4) is 0 Å². The Balaban J connectivity index is 3.29. The van der Waals surface area contributed by atoms with Gasteiger partial charge in [0.1, 0.15) is 4.60 Å². The van der Waals surface area contributed by atoms with E-state index in [1.54, 1.807) is 0 Å². The summed E-state index contributed by atoms with van der Waals surface area (Å²) in [4.78, 5) is 4.24. The minimum Gasteiger partial charge on any atom is -0.504 e. The first kappa shape index (κ1) is 11.0. The maximum Gasteiger partial charge on any atom is 0.162 e. The molecule has 4 heteroatoms. The lowest BCUT2D eigenvalue weighted by atomic mass is 9.92. The Hall–Kier alpha value is -0.0900. The highest BCUT2D eigenvalue weighted by Crippen LogP contribution is 2.34. The van der Waals surface area contributed by atoms with Crippen molar-refractivity contribution in [1.29, 1.82) is 0 Å². The molecule has 0 aliphatic carbocycles. The van der Waals surface area contributed by atoms with E-state index < -0.39 is 0 Å². The number of nitrogens with zero attached hydrogens (tertiary/aromatic N) is 1. The Bertz CT molecular complexity index is 308. The molecule has 0 aliphatic rings. The van der Waals surface area contributed by atoms with Crippen LogP contribution in [-0.2, 0) is 5.41 Å². The number of pyridine rings is 1. The van der Waals surface area contributed by atoms with E-state index in [0.29, 0.717) is 9.08 Å². The van der Waals surface area contributed by atoms with Crippen molar-refractivity contribution in [3.8, 4) is 5.75 Å². The van der Waals surface area contributed by atoms with Crippen molar-refractivity contribution in [2.75, 3.05) is 0 Å². The number of hydrogen-bond acceptors (Lipinski definition) is 2. The number of halogens is 2. The molecule has 0 amide bonds. The van der Waals surface area contributed by atoms with Gasteiger partial charge in [0.2, 0.25) is 0 Å². The molecule has 1 aromatic heterocycles. The van der Waals surface area contributed by atoms with E-state index in [0.717, 1.165) is 5.69 Å². The molecule has 1 rings (SSSR count). The first-order chi connectivity index (χ1) is 5.82. The first-order valence-electron chi connectivity index (χ1n) is 3.88. The Morgan fingerprint density at radius 2 is 1.85 bits per heavy atom. The van der Waals surface area contributed by atoms with E-state index in [1.165, 1.54) is 0 Å². The van der Waals surface area contributed by atoms with Crippen LogP contribution in [0.5, 0.6) is 5.75 Å². The summed E-state index contributed by atoms with van der Waals surface area (Å²) in [6, 6.07) is 1.83. The van der Waals surface area contributed by atoms with Crippen molar-refractivity contribution in [3.63, 3.8) is 0 Å². The van der Waals surface area contributed by atoms with Crippen molar-refractivity contribution in [1.82, 2.24) is 4.98 Å². The van der Waals surface area contributed by atoms with Gasteiger partial charge in [0.15, 0.2) is 5.75 Å². The second kappa shape index (κ2) is 3.58. The molecule has 0 unspecified atom stereocenters. The Morgan fingerprint density at radius 1 is 1.31 bits per heavy atom. The summed E-state index contributed by atoms with van der Waals surface area (Å²) in [5.41, 5.74) is 0.919. The fourth-order valence-electron chi connectivity index (χ4n) is 0.862. The molecule has 0 aromatic carbocycles. The Morgan fingerprint density at radius 3 is 2.23 bits per heavy atom. The highest BCUT2D eigenvalue weighted by molar-refractivity contribution is 9.11. The molecule has 1 heterocycles. The van der Waals surface area contributed by atoms with E-state index in [-0.39, 0.29) is 11.2 Å². The zero-order valence-electron chi connectivity index (χ0n) is 7.73. The summed E-state index contributed by atoms with van der Waals surface area (Å²) in [5.74, 6) is 0.146. The maximum absolute atomic E-state index is 9.44. The maximum atomic E-state index is 9.44. The van der Waals surface area contributed by atoms with Gasteiger partial charge in [0.25, 0.3) is 0 Å². The topological polar surface area (TPSA) is 33.1 Å². The van der Waals surface area contributed by atoms with E-state index in [9.17, 15) is 5.11 Å². The third-order valence-electron chi connectivity index (χ3n) is 1.67. The van der Waals surface area contributed by atoms with Crippen molar-refractivity contribution in [2.24, 2.45) is 0 Å².